The molecule has 208 valence electrons. The molecule has 0 atom stereocenters. The fraction of sp³-hybridized carbons (Fsp3) is 0.231. The molecule has 40 heavy (non-hydrogen) atoms. The predicted molar refractivity (Wildman–Crippen MR) is 150 cm³/mol. The molecule has 0 radical (unpaired) electrons. The van der Waals surface area contributed by atoms with Crippen molar-refractivity contribution in [1.29, 1.82) is 0 Å². The molecule has 1 aliphatic rings. The maximum Gasteiger partial charge on any atom is 0.295 e. The predicted octanol–water partition coefficient (Wildman–Crippen LogP) is -0.571. The molecule has 0 unspecified atom stereocenters. The standard InChI is InChI=1S/C26H31N11O3/c1-5-19(40-4)20-17(14-30-22(20)24(27)37(28)15-31-16(2)3)23(38)26(39)36-12-10-35(11-13-36)25-21(32-34-33-25)18-8-6-7-9-29-18/h5-9,14-15,30H,1-2,10-13,27-28H2,3-4H3,(H,32,33,34)/b20-19+,24-22-,31-15-. The molecule has 1 amide bonds. The number of methoxy groups -OCH3 is 1. The van der Waals surface area contributed by atoms with Gasteiger partial charge in [-0.1, -0.05) is 24.4 Å². The third kappa shape index (κ3) is 5.61. The molecule has 4 rings (SSSR count). The average molecular weight is 546 g/mol. The van der Waals surface area contributed by atoms with Gasteiger partial charge in [0.2, 0.25) is 0 Å². The largest absolute Gasteiger partial charge is 0.496 e. The SMILES string of the molecule is C=C/C(OC)=c1/c(C(=O)C(=O)N2CCN(c3nn[nH]c3-c3ccccn3)CC2)c[nH]/c1=C(/N)N(N)/C=N\C(=C)C. The Morgan fingerprint density at radius 1 is 1.25 bits per heavy atom. The summed E-state index contributed by atoms with van der Waals surface area (Å²) in [5, 5.41) is 12.6. The van der Waals surface area contributed by atoms with Crippen LogP contribution in [-0.4, -0.2) is 86.6 Å². The van der Waals surface area contributed by atoms with Gasteiger partial charge in [-0.15, -0.1) is 5.10 Å². The van der Waals surface area contributed by atoms with Crippen molar-refractivity contribution in [3.63, 3.8) is 0 Å². The lowest BCUT2D eigenvalue weighted by Crippen LogP contribution is -2.51. The Hall–Kier alpha value is -5.24. The number of carbonyl (C=O) groups is 2. The van der Waals surface area contributed by atoms with Crippen molar-refractivity contribution in [2.75, 3.05) is 38.2 Å². The Balaban J connectivity index is 1.58. The van der Waals surface area contributed by atoms with Crippen LogP contribution < -0.4 is 27.0 Å². The van der Waals surface area contributed by atoms with E-state index in [4.69, 9.17) is 16.3 Å². The number of nitrogens with two attached hydrogens (primary N) is 2. The summed E-state index contributed by atoms with van der Waals surface area (Å²) in [7, 11) is 1.42. The number of aliphatic imine (C=N–C) groups is 1. The van der Waals surface area contributed by atoms with Gasteiger partial charge >= 0.3 is 0 Å². The zero-order valence-electron chi connectivity index (χ0n) is 22.3. The number of piperazine rings is 1. The molecule has 0 aromatic carbocycles. The highest BCUT2D eigenvalue weighted by Gasteiger charge is 2.30. The maximum atomic E-state index is 13.5. The molecule has 0 bridgehead atoms. The van der Waals surface area contributed by atoms with Crippen LogP contribution in [0.5, 0.6) is 0 Å². The zero-order valence-corrected chi connectivity index (χ0v) is 22.3. The normalized spacial score (nSPS) is 15.1. The van der Waals surface area contributed by atoms with Crippen LogP contribution in [0.3, 0.4) is 0 Å². The van der Waals surface area contributed by atoms with Gasteiger partial charge < -0.3 is 25.3 Å². The minimum atomic E-state index is -0.732. The molecular weight excluding hydrogens is 514 g/mol. The minimum absolute atomic E-state index is 0.0350. The summed E-state index contributed by atoms with van der Waals surface area (Å²) < 4.78 is 5.43. The Kier molecular flexibility index (Phi) is 8.39. The summed E-state index contributed by atoms with van der Waals surface area (Å²) in [6.45, 7) is 10.6. The number of nitrogens with zero attached hydrogens (tertiary/aromatic N) is 7. The average Bonchev–Trinajstić information content (AvgIpc) is 3.64. The first-order chi connectivity index (χ1) is 19.3. The van der Waals surface area contributed by atoms with Gasteiger partial charge in [0.05, 0.1) is 28.9 Å². The van der Waals surface area contributed by atoms with Crippen LogP contribution in [0, 0.1) is 0 Å². The molecule has 1 fully saturated rings. The van der Waals surface area contributed by atoms with E-state index in [0.29, 0.717) is 49.1 Å². The summed E-state index contributed by atoms with van der Waals surface area (Å²) in [6.07, 6.45) is 5.78. The van der Waals surface area contributed by atoms with E-state index in [1.54, 1.807) is 13.1 Å². The van der Waals surface area contributed by atoms with E-state index in [9.17, 15) is 9.59 Å². The maximum absolute atomic E-state index is 13.5. The Morgan fingerprint density at radius 3 is 2.62 bits per heavy atom. The van der Waals surface area contributed by atoms with E-state index in [-0.39, 0.29) is 27.7 Å². The summed E-state index contributed by atoms with van der Waals surface area (Å²) in [5.74, 6) is 5.52. The van der Waals surface area contributed by atoms with Gasteiger partial charge in [0.15, 0.2) is 5.82 Å². The number of rotatable bonds is 9. The first kappa shape index (κ1) is 27.8. The van der Waals surface area contributed by atoms with E-state index in [0.717, 1.165) is 5.01 Å². The van der Waals surface area contributed by atoms with Crippen molar-refractivity contribution in [2.45, 2.75) is 6.92 Å². The Morgan fingerprint density at radius 2 is 2.00 bits per heavy atom. The molecule has 4 heterocycles. The highest BCUT2D eigenvalue weighted by atomic mass is 16.5. The molecule has 0 spiro atoms. The quantitative estimate of drug-likeness (QED) is 0.0677. The molecule has 14 heteroatoms. The molecule has 0 saturated carbocycles. The van der Waals surface area contributed by atoms with Crippen LogP contribution >= 0.6 is 0 Å². The molecule has 14 nitrogen and oxygen atoms in total. The number of hydrogen-bond donors (Lipinski definition) is 4. The van der Waals surface area contributed by atoms with Gasteiger partial charge in [-0.3, -0.25) is 24.7 Å². The van der Waals surface area contributed by atoms with Crippen LogP contribution in [0.25, 0.3) is 23.0 Å². The second-order valence-electron chi connectivity index (χ2n) is 8.83. The summed E-state index contributed by atoms with van der Waals surface area (Å²) >= 11 is 0. The van der Waals surface area contributed by atoms with Crippen molar-refractivity contribution in [3.8, 4) is 11.4 Å². The summed E-state index contributed by atoms with van der Waals surface area (Å²) in [6, 6.07) is 5.56. The number of carbonyl (C=O) groups excluding carboxylic acids is 2. The van der Waals surface area contributed by atoms with E-state index in [1.807, 2.05) is 23.1 Å². The lowest BCUT2D eigenvalue weighted by Gasteiger charge is -2.34. The molecule has 0 aliphatic carbocycles. The number of amides is 1. The third-order valence-electron chi connectivity index (χ3n) is 6.23. The third-order valence-corrected chi connectivity index (χ3v) is 6.23. The number of hydrogen-bond acceptors (Lipinski definition) is 10. The van der Waals surface area contributed by atoms with Crippen molar-refractivity contribution >= 4 is 35.4 Å². The lowest BCUT2D eigenvalue weighted by atomic mass is 10.1. The number of anilines is 1. The van der Waals surface area contributed by atoms with Crippen molar-refractivity contribution in [3.05, 3.63) is 71.7 Å². The lowest BCUT2D eigenvalue weighted by molar-refractivity contribution is -0.126. The topological polar surface area (TPSA) is 188 Å². The number of Topliss-reactive ketones (excluding diaryl/α,β-unsaturated/α-hetero) is 1. The van der Waals surface area contributed by atoms with E-state index in [2.05, 4.69) is 43.5 Å². The van der Waals surface area contributed by atoms with Gasteiger partial charge in [-0.05, 0) is 25.1 Å². The van der Waals surface area contributed by atoms with Crippen molar-refractivity contribution in [2.24, 2.45) is 16.6 Å². The zero-order chi connectivity index (χ0) is 28.8. The van der Waals surface area contributed by atoms with Gasteiger partial charge in [-0.25, -0.2) is 10.8 Å². The van der Waals surface area contributed by atoms with Crippen LogP contribution in [0.2, 0.25) is 0 Å². The number of allylic oxidation sites excluding steroid dienone is 1. The van der Waals surface area contributed by atoms with Gasteiger partial charge in [0.25, 0.3) is 11.7 Å². The van der Waals surface area contributed by atoms with Gasteiger partial charge in [-0.2, -0.15) is 0 Å². The van der Waals surface area contributed by atoms with E-state index in [1.165, 1.54) is 30.6 Å². The number of ketones is 1. The number of aromatic amines is 2. The van der Waals surface area contributed by atoms with E-state index >= 15 is 0 Å². The summed E-state index contributed by atoms with van der Waals surface area (Å²) in [5.41, 5.74) is 8.23. The molecule has 3 aromatic heterocycles. The monoisotopic (exact) mass is 545 g/mol. The number of pyridine rings is 1. The number of nitrogens with one attached hydrogen (secondary N) is 2. The van der Waals surface area contributed by atoms with Crippen molar-refractivity contribution < 1.29 is 14.3 Å². The van der Waals surface area contributed by atoms with Crippen LogP contribution in [0.1, 0.15) is 17.3 Å². The molecule has 1 aliphatic heterocycles. The number of aromatic nitrogens is 5. The summed E-state index contributed by atoms with van der Waals surface area (Å²) in [4.78, 5) is 41.6. The first-order valence-electron chi connectivity index (χ1n) is 12.3. The van der Waals surface area contributed by atoms with E-state index < -0.39 is 11.7 Å². The van der Waals surface area contributed by atoms with Gasteiger partial charge in [0, 0.05) is 44.3 Å². The smallest absolute Gasteiger partial charge is 0.295 e. The minimum Gasteiger partial charge on any atom is -0.496 e. The first-order valence-corrected chi connectivity index (χ1v) is 12.3. The highest BCUT2D eigenvalue weighted by Crippen LogP contribution is 2.25. The second kappa shape index (κ2) is 12.1. The van der Waals surface area contributed by atoms with Crippen LogP contribution in [-0.2, 0) is 9.53 Å². The van der Waals surface area contributed by atoms with Crippen molar-refractivity contribution in [1.82, 2.24) is 35.3 Å². The Labute approximate surface area is 230 Å². The van der Waals surface area contributed by atoms with Crippen LogP contribution in [0.4, 0.5) is 5.82 Å². The fourth-order valence-electron chi connectivity index (χ4n) is 4.21. The van der Waals surface area contributed by atoms with Crippen LogP contribution in [0.15, 0.2) is 60.5 Å². The number of hydrazine groups is 1. The molecular formula is C26H31N11O3. The Bertz CT molecular complexity index is 1560. The second-order valence-corrected chi connectivity index (χ2v) is 8.83. The molecule has 6 N–H and O–H groups in total. The highest BCUT2D eigenvalue weighted by molar-refractivity contribution is 6.42. The molecule has 1 saturated heterocycles. The molecule has 3 aromatic rings. The number of H-pyrrole nitrogens is 2. The van der Waals surface area contributed by atoms with Gasteiger partial charge in [0.1, 0.15) is 23.6 Å². The number of ether oxygens (including phenoxy) is 1. The fourth-order valence-corrected chi connectivity index (χ4v) is 4.21.